The van der Waals surface area contributed by atoms with Gasteiger partial charge in [-0.2, -0.15) is 4.98 Å². The summed E-state index contributed by atoms with van der Waals surface area (Å²) in [5.74, 6) is -1.01. The highest BCUT2D eigenvalue weighted by Crippen LogP contribution is 2.30. The van der Waals surface area contributed by atoms with Gasteiger partial charge in [0, 0.05) is 12.7 Å². The predicted molar refractivity (Wildman–Crippen MR) is 136 cm³/mol. The van der Waals surface area contributed by atoms with Crippen LogP contribution >= 0.6 is 11.6 Å². The van der Waals surface area contributed by atoms with Crippen LogP contribution in [-0.4, -0.2) is 39.2 Å². The number of rotatable bonds is 7. The van der Waals surface area contributed by atoms with Crippen molar-refractivity contribution in [3.8, 4) is 6.01 Å². The molecule has 0 saturated heterocycles. The van der Waals surface area contributed by atoms with Crippen molar-refractivity contribution < 1.29 is 14.6 Å². The van der Waals surface area contributed by atoms with Crippen molar-refractivity contribution in [1.29, 1.82) is 0 Å². The summed E-state index contributed by atoms with van der Waals surface area (Å²) in [5.41, 5.74) is 6.18. The summed E-state index contributed by atoms with van der Waals surface area (Å²) in [7, 11) is 1.90. The maximum absolute atomic E-state index is 11.1. The average Bonchev–Trinajstić information content (AvgIpc) is 3.23. The number of anilines is 1. The third-order valence-electron chi connectivity index (χ3n) is 6.29. The fourth-order valence-corrected chi connectivity index (χ4v) is 4.44. The van der Waals surface area contributed by atoms with Crippen LogP contribution in [0.4, 0.5) is 5.69 Å². The van der Waals surface area contributed by atoms with Gasteiger partial charge in [-0.1, -0.05) is 35.9 Å². The fourth-order valence-electron chi connectivity index (χ4n) is 4.14. The molecule has 0 bridgehead atoms. The van der Waals surface area contributed by atoms with Crippen LogP contribution in [-0.2, 0) is 4.79 Å². The lowest BCUT2D eigenvalue weighted by Gasteiger charge is -2.25. The van der Waals surface area contributed by atoms with Crippen molar-refractivity contribution in [3.05, 3.63) is 58.8 Å². The lowest BCUT2D eigenvalue weighted by atomic mass is 9.87. The molecule has 2 aromatic heterocycles. The second kappa shape index (κ2) is 10.3. The van der Waals surface area contributed by atoms with E-state index in [9.17, 15) is 4.79 Å². The van der Waals surface area contributed by atoms with E-state index in [4.69, 9.17) is 21.4 Å². The van der Waals surface area contributed by atoms with E-state index in [1.807, 2.05) is 38.2 Å². The number of hydrogen-bond donors (Lipinski definition) is 3. The topological polar surface area (TPSA) is 100 Å². The second-order valence-electron chi connectivity index (χ2n) is 8.69. The van der Waals surface area contributed by atoms with Gasteiger partial charge in [0.15, 0.2) is 5.65 Å². The Morgan fingerprint density at radius 3 is 2.44 bits per heavy atom. The SMILES string of the molecule is CNc1ccc(/C(C)=C/C=C(\C)c2nc3nc(OC4CCC(C(=O)O)CC4)[nH]c3cc2Cl)cc1. The normalized spacial score (nSPS) is 19.3. The molecule has 2 heterocycles. The highest BCUT2D eigenvalue weighted by Gasteiger charge is 2.27. The number of benzene rings is 1. The third kappa shape index (κ3) is 5.42. The number of carbonyl (C=O) groups is 1. The van der Waals surface area contributed by atoms with Gasteiger partial charge in [0.25, 0.3) is 6.01 Å². The van der Waals surface area contributed by atoms with Gasteiger partial charge in [-0.15, -0.1) is 0 Å². The molecule has 4 rings (SSSR count). The lowest BCUT2D eigenvalue weighted by Crippen LogP contribution is -2.28. The molecule has 0 atom stereocenters. The Kier molecular flexibility index (Phi) is 7.22. The molecule has 0 spiro atoms. The summed E-state index contributed by atoms with van der Waals surface area (Å²) in [6.07, 6.45) is 6.63. The van der Waals surface area contributed by atoms with E-state index >= 15 is 0 Å². The number of halogens is 1. The largest absolute Gasteiger partial charge is 0.481 e. The Bertz CT molecular complexity index is 1240. The van der Waals surface area contributed by atoms with Crippen molar-refractivity contribution in [2.45, 2.75) is 45.6 Å². The average molecular weight is 481 g/mol. The first kappa shape index (κ1) is 23.8. The molecule has 0 aliphatic heterocycles. The van der Waals surface area contributed by atoms with Gasteiger partial charge in [-0.3, -0.25) is 4.79 Å². The van der Waals surface area contributed by atoms with E-state index in [-0.39, 0.29) is 12.0 Å². The van der Waals surface area contributed by atoms with Crippen molar-refractivity contribution >= 4 is 45.6 Å². The minimum atomic E-state index is -0.728. The highest BCUT2D eigenvalue weighted by atomic mass is 35.5. The van der Waals surface area contributed by atoms with Crippen LogP contribution in [0.2, 0.25) is 5.02 Å². The summed E-state index contributed by atoms with van der Waals surface area (Å²) in [5, 5.41) is 12.8. The molecular weight excluding hydrogens is 452 g/mol. The quantitative estimate of drug-likeness (QED) is 0.349. The van der Waals surface area contributed by atoms with Crippen molar-refractivity contribution in [2.24, 2.45) is 5.92 Å². The highest BCUT2D eigenvalue weighted by molar-refractivity contribution is 6.32. The van der Waals surface area contributed by atoms with Crippen molar-refractivity contribution in [3.63, 3.8) is 0 Å². The maximum atomic E-state index is 11.1. The van der Waals surface area contributed by atoms with Crippen molar-refractivity contribution in [1.82, 2.24) is 15.0 Å². The molecule has 1 fully saturated rings. The van der Waals surface area contributed by atoms with Gasteiger partial charge >= 0.3 is 5.97 Å². The summed E-state index contributed by atoms with van der Waals surface area (Å²) < 4.78 is 5.98. The zero-order valence-corrected chi connectivity index (χ0v) is 20.3. The van der Waals surface area contributed by atoms with Crippen LogP contribution in [0.5, 0.6) is 6.01 Å². The van der Waals surface area contributed by atoms with Gasteiger partial charge in [0.1, 0.15) is 6.10 Å². The minimum absolute atomic E-state index is 0.0528. The first-order valence-corrected chi connectivity index (χ1v) is 11.8. The van der Waals surface area contributed by atoms with E-state index in [0.717, 1.165) is 22.4 Å². The number of carboxylic acid groups (broad SMARTS) is 1. The second-order valence-corrected chi connectivity index (χ2v) is 9.10. The number of imidazole rings is 1. The number of allylic oxidation sites excluding steroid dienone is 4. The molecule has 1 saturated carbocycles. The molecular formula is C26H29ClN4O3. The first-order chi connectivity index (χ1) is 16.3. The van der Waals surface area contributed by atoms with E-state index < -0.39 is 5.97 Å². The van der Waals surface area contributed by atoms with Crippen molar-refractivity contribution in [2.75, 3.05) is 12.4 Å². The number of nitrogens with one attached hydrogen (secondary N) is 2. The summed E-state index contributed by atoms with van der Waals surface area (Å²) in [4.78, 5) is 23.4. The van der Waals surface area contributed by atoms with Gasteiger partial charge in [-0.25, -0.2) is 4.98 Å². The van der Waals surface area contributed by atoms with E-state index in [1.165, 1.54) is 0 Å². The van der Waals surface area contributed by atoms with Crippen LogP contribution in [0.15, 0.2) is 42.5 Å². The summed E-state index contributed by atoms with van der Waals surface area (Å²) in [6.45, 7) is 4.04. The molecule has 34 heavy (non-hydrogen) atoms. The number of aliphatic carboxylic acids is 1. The van der Waals surface area contributed by atoms with E-state index in [0.29, 0.717) is 53.6 Å². The van der Waals surface area contributed by atoms with E-state index in [2.05, 4.69) is 45.4 Å². The Morgan fingerprint density at radius 2 is 1.79 bits per heavy atom. The maximum Gasteiger partial charge on any atom is 0.306 e. The molecule has 1 aliphatic rings. The summed E-state index contributed by atoms with van der Waals surface area (Å²) >= 11 is 6.54. The molecule has 0 radical (unpaired) electrons. The van der Waals surface area contributed by atoms with Crippen LogP contribution in [0.3, 0.4) is 0 Å². The lowest BCUT2D eigenvalue weighted by molar-refractivity contribution is -0.143. The molecule has 178 valence electrons. The Balaban J connectivity index is 1.49. The number of pyridine rings is 1. The molecule has 1 aromatic carbocycles. The molecule has 0 amide bonds. The number of aromatic amines is 1. The monoisotopic (exact) mass is 480 g/mol. The van der Waals surface area contributed by atoms with Gasteiger partial charge in [0.2, 0.25) is 0 Å². The number of carboxylic acids is 1. The Labute approximate surface area is 203 Å². The van der Waals surface area contributed by atoms with Crippen LogP contribution < -0.4 is 10.1 Å². The fraction of sp³-hybridized carbons (Fsp3) is 0.346. The van der Waals surface area contributed by atoms with Crippen LogP contribution in [0.1, 0.15) is 50.8 Å². The zero-order chi connectivity index (χ0) is 24.2. The predicted octanol–water partition coefficient (Wildman–Crippen LogP) is 6.18. The number of aromatic nitrogens is 3. The zero-order valence-electron chi connectivity index (χ0n) is 19.6. The van der Waals surface area contributed by atoms with Gasteiger partial charge in [0.05, 0.1) is 22.2 Å². The van der Waals surface area contributed by atoms with Crippen LogP contribution in [0.25, 0.3) is 22.3 Å². The molecule has 7 nitrogen and oxygen atoms in total. The van der Waals surface area contributed by atoms with E-state index in [1.54, 1.807) is 0 Å². The number of fused-ring (bicyclic) bond motifs is 1. The third-order valence-corrected chi connectivity index (χ3v) is 6.58. The Morgan fingerprint density at radius 1 is 1.12 bits per heavy atom. The Hall–Kier alpha value is -3.32. The number of H-pyrrole nitrogens is 1. The summed E-state index contributed by atoms with van der Waals surface area (Å²) in [6, 6.07) is 10.5. The molecule has 0 unspecified atom stereocenters. The number of hydrogen-bond acceptors (Lipinski definition) is 5. The smallest absolute Gasteiger partial charge is 0.306 e. The molecule has 3 aromatic rings. The molecule has 3 N–H and O–H groups in total. The number of ether oxygens (including phenoxy) is 1. The molecule has 8 heteroatoms. The molecule has 1 aliphatic carbocycles. The van der Waals surface area contributed by atoms with Gasteiger partial charge in [-0.05, 0) is 74.4 Å². The minimum Gasteiger partial charge on any atom is -0.481 e. The first-order valence-electron chi connectivity index (χ1n) is 11.4. The van der Waals surface area contributed by atoms with Crippen LogP contribution in [0, 0.1) is 5.92 Å². The standard InChI is InChI=1S/C26H29ClN4O3/c1-15(17-6-10-19(28-3)11-7-17)4-5-16(2)23-21(27)14-22-24(30-23)31-26(29-22)34-20-12-8-18(9-13-20)25(32)33/h4-7,10-11,14,18,20,28H,8-9,12-13H2,1-3H3,(H,32,33)(H,29,30,31)/b15-4+,16-5+. The van der Waals surface area contributed by atoms with Gasteiger partial charge < -0.3 is 20.1 Å². The number of nitrogens with zero attached hydrogens (tertiary/aromatic N) is 2.